The summed E-state index contributed by atoms with van der Waals surface area (Å²) in [5, 5.41) is 20.5. The topological polar surface area (TPSA) is 128 Å². The molecule has 40 heavy (non-hydrogen) atoms. The molecule has 11 nitrogen and oxygen atoms in total. The van der Waals surface area contributed by atoms with Crippen LogP contribution in [0.25, 0.3) is 17.3 Å². The number of thioether (sulfide) groups is 1. The number of carbonyl (C=O) groups is 2. The van der Waals surface area contributed by atoms with Crippen molar-refractivity contribution in [1.82, 2.24) is 24.6 Å². The van der Waals surface area contributed by atoms with Gasteiger partial charge in [0.2, 0.25) is 11.7 Å². The first-order valence-electron chi connectivity index (χ1n) is 12.8. The number of benzene rings is 2. The Kier molecular flexibility index (Phi) is 7.69. The van der Waals surface area contributed by atoms with Crippen molar-refractivity contribution in [2.45, 2.75) is 32.0 Å². The Morgan fingerprint density at radius 2 is 1.88 bits per heavy atom. The van der Waals surface area contributed by atoms with Crippen LogP contribution in [0.1, 0.15) is 28.4 Å². The lowest BCUT2D eigenvalue weighted by molar-refractivity contribution is -0.385. The minimum atomic E-state index is -0.485. The molecule has 12 heteroatoms. The first kappa shape index (κ1) is 27.1. The number of rotatable bonds is 7. The van der Waals surface area contributed by atoms with E-state index < -0.39 is 4.92 Å². The Morgan fingerprint density at radius 3 is 2.55 bits per heavy atom. The van der Waals surface area contributed by atoms with E-state index in [1.54, 1.807) is 41.2 Å². The summed E-state index contributed by atoms with van der Waals surface area (Å²) in [6.45, 7) is 6.58. The maximum Gasteiger partial charge on any atom is 0.273 e. The van der Waals surface area contributed by atoms with Gasteiger partial charge in [-0.2, -0.15) is 0 Å². The van der Waals surface area contributed by atoms with Crippen LogP contribution in [0, 0.1) is 24.0 Å². The van der Waals surface area contributed by atoms with E-state index in [1.807, 2.05) is 48.7 Å². The van der Waals surface area contributed by atoms with E-state index in [-0.39, 0.29) is 34.9 Å². The molecule has 2 aromatic heterocycles. The maximum atomic E-state index is 13.2. The molecule has 0 bridgehead atoms. The van der Waals surface area contributed by atoms with Crippen LogP contribution in [-0.4, -0.2) is 72.7 Å². The molecule has 206 valence electrons. The van der Waals surface area contributed by atoms with E-state index in [2.05, 4.69) is 10.2 Å². The Bertz CT molecular complexity index is 1550. The molecular weight excluding hydrogens is 532 g/mol. The van der Waals surface area contributed by atoms with Gasteiger partial charge in [-0.15, -0.1) is 10.2 Å². The smallest absolute Gasteiger partial charge is 0.273 e. The van der Waals surface area contributed by atoms with Crippen LogP contribution in [0.5, 0.6) is 0 Å². The number of furan rings is 1. The quantitative estimate of drug-likeness (QED) is 0.183. The van der Waals surface area contributed by atoms with E-state index in [0.717, 1.165) is 11.3 Å². The summed E-state index contributed by atoms with van der Waals surface area (Å²) in [7, 11) is 0. The highest BCUT2D eigenvalue weighted by Crippen LogP contribution is 2.29. The maximum absolute atomic E-state index is 13.2. The zero-order chi connectivity index (χ0) is 28.4. The van der Waals surface area contributed by atoms with Crippen molar-refractivity contribution in [2.75, 3.05) is 25.4 Å². The van der Waals surface area contributed by atoms with E-state index in [4.69, 9.17) is 4.42 Å². The lowest BCUT2D eigenvalue weighted by Crippen LogP contribution is -2.55. The summed E-state index contributed by atoms with van der Waals surface area (Å²) in [5.41, 5.74) is 2.65. The van der Waals surface area contributed by atoms with Crippen molar-refractivity contribution in [1.29, 1.82) is 0 Å². The number of carbonyl (C=O) groups excluding carboxylic acids is 2. The Balaban J connectivity index is 1.26. The number of nitrogens with zero attached hydrogens (tertiary/aromatic N) is 6. The van der Waals surface area contributed by atoms with Crippen LogP contribution in [0.4, 0.5) is 5.69 Å². The van der Waals surface area contributed by atoms with Crippen LogP contribution in [0.2, 0.25) is 0 Å². The molecule has 0 aliphatic carbocycles. The number of hydrogen-bond donors (Lipinski definition) is 0. The largest absolute Gasteiger partial charge is 0.461 e. The van der Waals surface area contributed by atoms with Gasteiger partial charge in [-0.05, 0) is 51.1 Å². The van der Waals surface area contributed by atoms with Gasteiger partial charge in [0, 0.05) is 48.6 Å². The molecule has 3 heterocycles. The second-order valence-electron chi connectivity index (χ2n) is 9.69. The lowest BCUT2D eigenvalue weighted by atomic mass is 10.1. The molecule has 0 saturated carbocycles. The van der Waals surface area contributed by atoms with Gasteiger partial charge in [0.05, 0.1) is 16.9 Å². The highest BCUT2D eigenvalue weighted by Gasteiger charge is 2.31. The van der Waals surface area contributed by atoms with Gasteiger partial charge in [-0.1, -0.05) is 35.5 Å². The standard InChI is InChI=1S/C28H28N6O5S/c1-18-6-10-22(11-7-18)33-26(24-5-4-14-39-24)29-30-28(33)40-17-25(35)31-12-13-32(20(3)16-31)27(36)21-9-8-19(2)23(15-21)34(37)38/h4-11,14-15,20H,12-13,16-17H2,1-3H3. The van der Waals surface area contributed by atoms with Gasteiger partial charge >= 0.3 is 0 Å². The van der Waals surface area contributed by atoms with E-state index in [9.17, 15) is 19.7 Å². The highest BCUT2D eigenvalue weighted by molar-refractivity contribution is 7.99. The number of nitro benzene ring substituents is 1. The number of piperazine rings is 1. The molecule has 1 aliphatic heterocycles. The minimum absolute atomic E-state index is 0.0760. The van der Waals surface area contributed by atoms with Crippen molar-refractivity contribution in [3.05, 3.63) is 87.7 Å². The zero-order valence-corrected chi connectivity index (χ0v) is 23.1. The van der Waals surface area contributed by atoms with Gasteiger partial charge in [-0.3, -0.25) is 24.3 Å². The van der Waals surface area contributed by atoms with Crippen molar-refractivity contribution >= 4 is 29.3 Å². The van der Waals surface area contributed by atoms with Crippen molar-refractivity contribution < 1.29 is 18.9 Å². The van der Waals surface area contributed by atoms with Gasteiger partial charge in [0.1, 0.15) is 0 Å². The fourth-order valence-electron chi connectivity index (χ4n) is 4.66. The molecule has 1 atom stereocenters. The van der Waals surface area contributed by atoms with Crippen LogP contribution in [0.3, 0.4) is 0 Å². The summed E-state index contributed by atoms with van der Waals surface area (Å²) in [5.74, 6) is 0.898. The summed E-state index contributed by atoms with van der Waals surface area (Å²) in [6.07, 6.45) is 1.57. The van der Waals surface area contributed by atoms with Crippen molar-refractivity contribution in [3.63, 3.8) is 0 Å². The molecule has 5 rings (SSSR count). The Hall–Kier alpha value is -4.45. The second kappa shape index (κ2) is 11.3. The average molecular weight is 561 g/mol. The lowest BCUT2D eigenvalue weighted by Gasteiger charge is -2.40. The molecule has 0 spiro atoms. The Labute approximate surface area is 234 Å². The van der Waals surface area contributed by atoms with Crippen LogP contribution in [-0.2, 0) is 4.79 Å². The van der Waals surface area contributed by atoms with Crippen LogP contribution in [0.15, 0.2) is 70.4 Å². The van der Waals surface area contributed by atoms with Gasteiger partial charge < -0.3 is 14.2 Å². The third-order valence-electron chi connectivity index (χ3n) is 6.89. The van der Waals surface area contributed by atoms with Crippen molar-refractivity contribution in [2.24, 2.45) is 0 Å². The van der Waals surface area contributed by atoms with E-state index in [1.165, 1.54) is 17.8 Å². The average Bonchev–Trinajstić information content (AvgIpc) is 3.62. The number of aryl methyl sites for hydroxylation is 2. The van der Waals surface area contributed by atoms with Gasteiger partial charge in [0.25, 0.3) is 11.6 Å². The van der Waals surface area contributed by atoms with Crippen LogP contribution >= 0.6 is 11.8 Å². The van der Waals surface area contributed by atoms with Crippen molar-refractivity contribution in [3.8, 4) is 17.3 Å². The fourth-order valence-corrected chi connectivity index (χ4v) is 5.52. The summed E-state index contributed by atoms with van der Waals surface area (Å²) < 4.78 is 7.43. The first-order valence-corrected chi connectivity index (χ1v) is 13.7. The monoisotopic (exact) mass is 560 g/mol. The summed E-state index contributed by atoms with van der Waals surface area (Å²) in [4.78, 5) is 40.6. The molecule has 4 aromatic rings. The molecule has 0 radical (unpaired) electrons. The number of nitro groups is 1. The summed E-state index contributed by atoms with van der Waals surface area (Å²) >= 11 is 1.29. The summed E-state index contributed by atoms with van der Waals surface area (Å²) in [6, 6.07) is 15.8. The third-order valence-corrected chi connectivity index (χ3v) is 7.80. The zero-order valence-electron chi connectivity index (χ0n) is 22.3. The minimum Gasteiger partial charge on any atom is -0.461 e. The molecule has 2 amide bonds. The Morgan fingerprint density at radius 1 is 1.10 bits per heavy atom. The SMILES string of the molecule is Cc1ccc(-n2c(SCC(=O)N3CCN(C(=O)c4ccc(C)c([N+](=O)[O-])c4)C(C)C3)nnc2-c2ccco2)cc1. The molecule has 1 saturated heterocycles. The van der Waals surface area contributed by atoms with E-state index in [0.29, 0.717) is 41.9 Å². The predicted octanol–water partition coefficient (Wildman–Crippen LogP) is 4.52. The van der Waals surface area contributed by atoms with E-state index >= 15 is 0 Å². The highest BCUT2D eigenvalue weighted by atomic mass is 32.2. The molecule has 1 aliphatic rings. The third kappa shape index (κ3) is 5.48. The number of aromatic nitrogens is 3. The predicted molar refractivity (Wildman–Crippen MR) is 149 cm³/mol. The van der Waals surface area contributed by atoms with Crippen LogP contribution < -0.4 is 0 Å². The normalized spacial score (nSPS) is 15.3. The molecule has 1 fully saturated rings. The molecule has 0 N–H and O–H groups in total. The van der Waals surface area contributed by atoms with Gasteiger partial charge in [-0.25, -0.2) is 0 Å². The number of hydrogen-bond acceptors (Lipinski definition) is 8. The fraction of sp³-hybridized carbons (Fsp3) is 0.286. The molecule has 2 aromatic carbocycles. The molecular formula is C28H28N6O5S. The van der Waals surface area contributed by atoms with Gasteiger partial charge in [0.15, 0.2) is 10.9 Å². The molecule has 1 unspecified atom stereocenters. The number of amides is 2. The first-order chi connectivity index (χ1) is 19.2. The second-order valence-corrected chi connectivity index (χ2v) is 10.6.